The van der Waals surface area contributed by atoms with Crippen molar-refractivity contribution in [2.75, 3.05) is 11.9 Å². The van der Waals surface area contributed by atoms with Crippen molar-refractivity contribution >= 4 is 34.9 Å². The number of nitrogens with zero attached hydrogens (tertiary/aromatic N) is 4. The predicted molar refractivity (Wildman–Crippen MR) is 73.4 cm³/mol. The molecule has 0 aliphatic heterocycles. The summed E-state index contributed by atoms with van der Waals surface area (Å²) in [5.41, 5.74) is 1.83. The zero-order valence-corrected chi connectivity index (χ0v) is 10.6. The van der Waals surface area contributed by atoms with Crippen LogP contribution >= 0.6 is 12.4 Å². The van der Waals surface area contributed by atoms with Gasteiger partial charge in [-0.25, -0.2) is 9.97 Å². The summed E-state index contributed by atoms with van der Waals surface area (Å²) in [6, 6.07) is 10.1. The molecule has 6 heteroatoms. The first kappa shape index (κ1) is 12.3. The lowest BCUT2D eigenvalue weighted by Crippen LogP contribution is -2.11. The summed E-state index contributed by atoms with van der Waals surface area (Å²) in [7, 11) is 1.98. The van der Waals surface area contributed by atoms with Crippen molar-refractivity contribution < 1.29 is 0 Å². The lowest BCUT2D eigenvalue weighted by Gasteiger charge is -2.18. The molecular weight excluding hydrogens is 250 g/mol. The number of rotatable bonds is 2. The maximum Gasteiger partial charge on any atom is 0.160 e. The van der Waals surface area contributed by atoms with Crippen LogP contribution in [-0.2, 0) is 0 Å². The third-order valence-corrected chi connectivity index (χ3v) is 2.69. The molecule has 0 spiro atoms. The molecule has 0 radical (unpaired) electrons. The molecular formula is C12H12ClN5. The first-order valence-corrected chi connectivity index (χ1v) is 5.29. The van der Waals surface area contributed by atoms with Crippen molar-refractivity contribution in [1.29, 1.82) is 0 Å². The molecule has 0 amide bonds. The average molecular weight is 262 g/mol. The van der Waals surface area contributed by atoms with Gasteiger partial charge in [-0.3, -0.25) is 5.10 Å². The van der Waals surface area contributed by atoms with Gasteiger partial charge >= 0.3 is 0 Å². The van der Waals surface area contributed by atoms with Crippen LogP contribution in [-0.4, -0.2) is 27.2 Å². The quantitative estimate of drug-likeness (QED) is 0.770. The lowest BCUT2D eigenvalue weighted by molar-refractivity contribution is 1.08. The number of nitrogens with one attached hydrogen (secondary N) is 1. The summed E-state index contributed by atoms with van der Waals surface area (Å²) in [5, 5.41) is 7.74. The Balaban J connectivity index is 0.00000120. The molecule has 0 bridgehead atoms. The van der Waals surface area contributed by atoms with Crippen LogP contribution in [0.5, 0.6) is 0 Å². The minimum absolute atomic E-state index is 0. The maximum absolute atomic E-state index is 4.31. The van der Waals surface area contributed by atoms with Crippen LogP contribution in [0.25, 0.3) is 11.0 Å². The summed E-state index contributed by atoms with van der Waals surface area (Å²) in [5.74, 6) is 0.843. The zero-order chi connectivity index (χ0) is 11.7. The molecule has 0 saturated carbocycles. The smallest absolute Gasteiger partial charge is 0.160 e. The van der Waals surface area contributed by atoms with Gasteiger partial charge < -0.3 is 4.90 Å². The van der Waals surface area contributed by atoms with E-state index in [4.69, 9.17) is 0 Å². The van der Waals surface area contributed by atoms with E-state index in [0.717, 1.165) is 22.5 Å². The summed E-state index contributed by atoms with van der Waals surface area (Å²) >= 11 is 0. The molecule has 5 nitrogen and oxygen atoms in total. The Labute approximate surface area is 110 Å². The van der Waals surface area contributed by atoms with Gasteiger partial charge in [0.2, 0.25) is 0 Å². The number of para-hydroxylation sites is 1. The van der Waals surface area contributed by atoms with Crippen LogP contribution < -0.4 is 4.90 Å². The summed E-state index contributed by atoms with van der Waals surface area (Å²) in [6.07, 6.45) is 3.28. The molecule has 1 aromatic carbocycles. The van der Waals surface area contributed by atoms with Gasteiger partial charge in [-0.15, -0.1) is 12.4 Å². The first-order chi connectivity index (χ1) is 8.36. The van der Waals surface area contributed by atoms with Gasteiger partial charge in [-0.05, 0) is 12.1 Å². The number of halogens is 1. The number of benzene rings is 1. The number of aromatic amines is 1. The molecule has 2 aromatic heterocycles. The normalized spacial score (nSPS) is 10.1. The molecule has 0 fully saturated rings. The molecule has 3 aromatic rings. The molecule has 0 aliphatic rings. The highest BCUT2D eigenvalue weighted by Crippen LogP contribution is 2.26. The van der Waals surface area contributed by atoms with Crippen molar-refractivity contribution in [3.05, 3.63) is 42.9 Å². The van der Waals surface area contributed by atoms with Gasteiger partial charge in [0.25, 0.3) is 0 Å². The number of anilines is 2. The third kappa shape index (κ3) is 2.00. The number of fused-ring (bicyclic) bond motifs is 1. The van der Waals surface area contributed by atoms with Crippen molar-refractivity contribution in [2.45, 2.75) is 0 Å². The van der Waals surface area contributed by atoms with E-state index in [-0.39, 0.29) is 12.4 Å². The highest BCUT2D eigenvalue weighted by Gasteiger charge is 2.10. The van der Waals surface area contributed by atoms with E-state index in [1.807, 2.05) is 42.3 Å². The van der Waals surface area contributed by atoms with Gasteiger partial charge in [0.05, 0.1) is 11.6 Å². The highest BCUT2D eigenvalue weighted by atomic mass is 35.5. The zero-order valence-electron chi connectivity index (χ0n) is 9.74. The highest BCUT2D eigenvalue weighted by molar-refractivity contribution is 5.88. The largest absolute Gasteiger partial charge is 0.329 e. The summed E-state index contributed by atoms with van der Waals surface area (Å²) in [6.45, 7) is 0. The van der Waals surface area contributed by atoms with Crippen LogP contribution in [0.3, 0.4) is 0 Å². The van der Waals surface area contributed by atoms with Crippen LogP contribution in [0.1, 0.15) is 0 Å². The van der Waals surface area contributed by atoms with Crippen LogP contribution in [0, 0.1) is 0 Å². The number of aromatic nitrogens is 4. The Bertz CT molecular complexity index is 637. The Morgan fingerprint density at radius 3 is 2.67 bits per heavy atom. The summed E-state index contributed by atoms with van der Waals surface area (Å²) < 4.78 is 0. The molecule has 2 heterocycles. The number of hydrogen-bond acceptors (Lipinski definition) is 4. The molecule has 0 aliphatic carbocycles. The fourth-order valence-corrected chi connectivity index (χ4v) is 1.79. The standard InChI is InChI=1S/C12H11N5.ClH/c1-17(9-5-3-2-4-6-9)12-10-7-15-16-11(10)13-8-14-12;/h2-8H,1H3,(H,13,14,15,16);1H. The maximum atomic E-state index is 4.31. The van der Waals surface area contributed by atoms with Crippen molar-refractivity contribution in [3.63, 3.8) is 0 Å². The van der Waals surface area contributed by atoms with E-state index < -0.39 is 0 Å². The van der Waals surface area contributed by atoms with Crippen molar-refractivity contribution in [1.82, 2.24) is 20.2 Å². The third-order valence-electron chi connectivity index (χ3n) is 2.69. The first-order valence-electron chi connectivity index (χ1n) is 5.29. The van der Waals surface area contributed by atoms with E-state index in [1.165, 1.54) is 6.33 Å². The second-order valence-corrected chi connectivity index (χ2v) is 3.72. The van der Waals surface area contributed by atoms with Crippen LogP contribution in [0.2, 0.25) is 0 Å². The van der Waals surface area contributed by atoms with Gasteiger partial charge in [0, 0.05) is 12.7 Å². The van der Waals surface area contributed by atoms with Crippen molar-refractivity contribution in [2.24, 2.45) is 0 Å². The van der Waals surface area contributed by atoms with E-state index in [1.54, 1.807) is 6.20 Å². The molecule has 0 atom stereocenters. The molecule has 0 saturated heterocycles. The van der Waals surface area contributed by atoms with Gasteiger partial charge in [0.15, 0.2) is 5.65 Å². The van der Waals surface area contributed by atoms with E-state index in [2.05, 4.69) is 20.2 Å². The molecule has 18 heavy (non-hydrogen) atoms. The topological polar surface area (TPSA) is 57.7 Å². The average Bonchev–Trinajstić information content (AvgIpc) is 2.87. The lowest BCUT2D eigenvalue weighted by atomic mass is 10.3. The van der Waals surface area contributed by atoms with E-state index >= 15 is 0 Å². The minimum atomic E-state index is 0. The predicted octanol–water partition coefficient (Wildman–Crippen LogP) is 2.54. The number of hydrogen-bond donors (Lipinski definition) is 1. The molecule has 3 rings (SSSR count). The molecule has 92 valence electrons. The van der Waals surface area contributed by atoms with Gasteiger partial charge in [-0.1, -0.05) is 18.2 Å². The molecule has 1 N–H and O–H groups in total. The minimum Gasteiger partial charge on any atom is -0.329 e. The Hall–Kier alpha value is -2.14. The van der Waals surface area contributed by atoms with E-state index in [9.17, 15) is 0 Å². The Morgan fingerprint density at radius 1 is 1.11 bits per heavy atom. The van der Waals surface area contributed by atoms with Gasteiger partial charge in [0.1, 0.15) is 12.1 Å². The number of H-pyrrole nitrogens is 1. The fourth-order valence-electron chi connectivity index (χ4n) is 1.79. The SMILES string of the molecule is CN(c1ccccc1)c1ncnc2[nH]ncc12.Cl. The Morgan fingerprint density at radius 2 is 1.89 bits per heavy atom. The summed E-state index contributed by atoms with van der Waals surface area (Å²) in [4.78, 5) is 10.4. The monoisotopic (exact) mass is 261 g/mol. The Kier molecular flexibility index (Phi) is 3.43. The van der Waals surface area contributed by atoms with Crippen LogP contribution in [0.15, 0.2) is 42.9 Å². The van der Waals surface area contributed by atoms with Crippen molar-refractivity contribution in [3.8, 4) is 0 Å². The second kappa shape index (κ2) is 5.01. The van der Waals surface area contributed by atoms with Gasteiger partial charge in [-0.2, -0.15) is 5.10 Å². The second-order valence-electron chi connectivity index (χ2n) is 3.72. The van der Waals surface area contributed by atoms with Crippen LogP contribution in [0.4, 0.5) is 11.5 Å². The fraction of sp³-hybridized carbons (Fsp3) is 0.0833. The molecule has 0 unspecified atom stereocenters. The van der Waals surface area contributed by atoms with E-state index in [0.29, 0.717) is 0 Å².